The Kier molecular flexibility index (Phi) is 9.26. The molecule has 242 valence electrons. The monoisotopic (exact) mass is 698 g/mol. The van der Waals surface area contributed by atoms with Crippen LogP contribution in [0.4, 0.5) is 25.2 Å². The third-order valence-corrected chi connectivity index (χ3v) is 9.88. The Morgan fingerprint density at radius 2 is 0.956 bits per heavy atom. The fourth-order valence-corrected chi connectivity index (χ4v) is 7.28. The first kappa shape index (κ1) is 35.5. The normalized spacial score (nSPS) is 15.2. The van der Waals surface area contributed by atoms with Gasteiger partial charge in [0.05, 0.1) is 5.57 Å². The molecule has 0 atom stereocenters. The van der Waals surface area contributed by atoms with Gasteiger partial charge in [-0.25, -0.2) is 0 Å². The average Bonchev–Trinajstić information content (AvgIpc) is 3.51. The molecule has 0 radical (unpaired) electrons. The van der Waals surface area contributed by atoms with Gasteiger partial charge in [-0.1, -0.05) is 90.1 Å². The Bertz CT molecular complexity index is 1650. The van der Waals surface area contributed by atoms with Crippen molar-refractivity contribution in [3.8, 4) is 22.3 Å². The summed E-state index contributed by atoms with van der Waals surface area (Å²) >= 11 is 5.51. The summed E-state index contributed by atoms with van der Waals surface area (Å²) in [4.78, 5) is 3.98. The number of rotatable bonds is 4. The molecular formula is C35H37F6PS3. The molecule has 0 bridgehead atoms. The van der Waals surface area contributed by atoms with E-state index in [1.807, 2.05) is 34.9 Å². The Morgan fingerprint density at radius 3 is 1.24 bits per heavy atom. The summed E-state index contributed by atoms with van der Waals surface area (Å²) in [7, 11) is -10.7. The molecule has 0 spiro atoms. The molecule has 4 aliphatic carbocycles. The molecule has 0 aromatic carbocycles. The molecule has 0 saturated heterocycles. The van der Waals surface area contributed by atoms with Gasteiger partial charge in [-0.05, 0) is 80.0 Å². The van der Waals surface area contributed by atoms with Gasteiger partial charge in [-0.15, -0.1) is 23.5 Å². The van der Waals surface area contributed by atoms with Gasteiger partial charge in [0.2, 0.25) is 16.3 Å². The quantitative estimate of drug-likeness (QED) is 0.0684. The number of allylic oxidation sites excluding steroid dienone is 2. The predicted molar refractivity (Wildman–Crippen MR) is 189 cm³/mol. The summed E-state index contributed by atoms with van der Waals surface area (Å²) in [5.41, 5.74) is 12.2. The zero-order chi connectivity index (χ0) is 33.7. The van der Waals surface area contributed by atoms with Crippen molar-refractivity contribution >= 4 is 53.6 Å². The van der Waals surface area contributed by atoms with Crippen LogP contribution in [0.25, 0.3) is 27.8 Å². The van der Waals surface area contributed by atoms with Crippen LogP contribution in [-0.2, 0) is 22.2 Å². The molecule has 5 aliphatic rings. The second kappa shape index (κ2) is 11.7. The molecule has 10 heteroatoms. The third-order valence-electron chi connectivity index (χ3n) is 7.44. The first-order chi connectivity index (χ1) is 20.5. The number of halogens is 6. The van der Waals surface area contributed by atoms with Crippen LogP contribution in [0, 0.1) is 0 Å². The minimum absolute atomic E-state index is 0.102. The van der Waals surface area contributed by atoms with E-state index >= 15 is 0 Å². The van der Waals surface area contributed by atoms with Crippen molar-refractivity contribution in [3.63, 3.8) is 0 Å². The Labute approximate surface area is 274 Å². The number of hydrogen-bond acceptors (Lipinski definition) is 2. The van der Waals surface area contributed by atoms with Crippen molar-refractivity contribution in [2.45, 2.75) is 62.2 Å². The van der Waals surface area contributed by atoms with Crippen LogP contribution in [0.2, 0.25) is 0 Å². The van der Waals surface area contributed by atoms with Crippen molar-refractivity contribution in [1.29, 1.82) is 0 Å². The van der Waals surface area contributed by atoms with Gasteiger partial charge in [0.25, 0.3) is 0 Å². The molecule has 0 amide bonds. The van der Waals surface area contributed by atoms with Crippen LogP contribution in [0.3, 0.4) is 0 Å². The van der Waals surface area contributed by atoms with Gasteiger partial charge in [-0.2, -0.15) is 0 Å². The maximum absolute atomic E-state index is 10.7. The van der Waals surface area contributed by atoms with E-state index in [2.05, 4.69) is 132 Å². The average molecular weight is 699 g/mol. The fraction of sp³-hybridized carbons (Fsp3) is 0.286. The van der Waals surface area contributed by atoms with E-state index in [1.165, 1.54) is 64.8 Å². The molecule has 0 aromatic heterocycles. The van der Waals surface area contributed by atoms with E-state index in [9.17, 15) is 25.2 Å². The van der Waals surface area contributed by atoms with Crippen molar-refractivity contribution in [2.24, 2.45) is 0 Å². The van der Waals surface area contributed by atoms with Crippen molar-refractivity contribution in [1.82, 2.24) is 0 Å². The SMILES string of the molecule is CSc1cc(C(=C2C=CC=[S+]2)c2cc(SC)c3ccc(C(C)(C)C)ccc2-3)c2ccc(C(C)(C)C)ccc1-2.F[P-](F)(F)(F)(F)F. The van der Waals surface area contributed by atoms with E-state index < -0.39 is 7.81 Å². The van der Waals surface area contributed by atoms with E-state index in [1.54, 1.807) is 0 Å². The van der Waals surface area contributed by atoms with E-state index in [0.717, 1.165) is 0 Å². The summed E-state index contributed by atoms with van der Waals surface area (Å²) in [6, 6.07) is 23.5. The van der Waals surface area contributed by atoms with Gasteiger partial charge in [0.15, 0.2) is 5.37 Å². The summed E-state index contributed by atoms with van der Waals surface area (Å²) in [5.74, 6) is 0. The Morgan fingerprint density at radius 1 is 0.600 bits per heavy atom. The van der Waals surface area contributed by atoms with E-state index in [0.29, 0.717) is 0 Å². The standard InChI is InChI=1S/C35H37S3.F6P/c1-34(2,3)22-11-15-24-26(17-13-22)31(36-7)20-28(24)33(30-10-9-19-38-30)29-21-32(37-8)27-18-14-23(35(4,5)6)12-16-25(27)29;1-7(2,3,4,5)6/h9-21H,1-8H3;/q+1;-1. The van der Waals surface area contributed by atoms with Crippen LogP contribution in [0.15, 0.2) is 87.5 Å². The number of thioether (sulfide) groups is 2. The molecule has 0 saturated carbocycles. The molecule has 0 nitrogen and oxygen atoms in total. The molecule has 0 N–H and O–H groups in total. The molecule has 5 rings (SSSR count). The Balaban J connectivity index is 0.000000591. The molecule has 1 aliphatic heterocycles. The molecule has 0 aromatic rings. The third kappa shape index (κ3) is 9.15. The maximum atomic E-state index is 9.87. The first-order valence-corrected chi connectivity index (χ1v) is 19.5. The summed E-state index contributed by atoms with van der Waals surface area (Å²) in [6.07, 6.45) is 8.84. The van der Waals surface area contributed by atoms with Crippen molar-refractivity contribution < 1.29 is 25.2 Å². The number of fused-ring (bicyclic) bond motifs is 2. The first-order valence-electron chi connectivity index (χ1n) is 14.2. The van der Waals surface area contributed by atoms with Gasteiger partial charge >= 0.3 is 33.0 Å². The molecule has 45 heavy (non-hydrogen) atoms. The molecule has 1 heterocycles. The second-order valence-corrected chi connectivity index (χ2v) is 17.5. The Hall–Kier alpha value is -2.32. The molecule has 0 fully saturated rings. The fourth-order valence-electron chi connectivity index (χ4n) is 5.22. The summed E-state index contributed by atoms with van der Waals surface area (Å²) in [6.45, 7) is 13.7. The van der Waals surface area contributed by atoms with Gasteiger partial charge in [0.1, 0.15) is 0 Å². The molecule has 0 unspecified atom stereocenters. The summed E-state index contributed by atoms with van der Waals surface area (Å²) in [5, 5.41) is 2.20. The second-order valence-electron chi connectivity index (χ2n) is 13.0. The molecular weight excluding hydrogens is 662 g/mol. The zero-order valence-corrected chi connectivity index (χ0v) is 29.8. The number of hydrogen-bond donors (Lipinski definition) is 0. The van der Waals surface area contributed by atoms with E-state index in [4.69, 9.17) is 0 Å². The topological polar surface area (TPSA) is 0 Å². The van der Waals surface area contributed by atoms with Crippen molar-refractivity contribution in [3.05, 3.63) is 100.0 Å². The van der Waals surface area contributed by atoms with Gasteiger partial charge in [-0.3, -0.25) is 0 Å². The van der Waals surface area contributed by atoms with Crippen LogP contribution in [0.5, 0.6) is 0 Å². The minimum atomic E-state index is -10.7. The van der Waals surface area contributed by atoms with Gasteiger partial charge < -0.3 is 0 Å². The van der Waals surface area contributed by atoms with Crippen molar-refractivity contribution in [2.75, 3.05) is 12.5 Å². The van der Waals surface area contributed by atoms with Crippen LogP contribution < -0.4 is 0 Å². The van der Waals surface area contributed by atoms with Crippen LogP contribution in [0.1, 0.15) is 63.8 Å². The summed E-state index contributed by atoms with van der Waals surface area (Å²) < 4.78 is 59.2. The van der Waals surface area contributed by atoms with Crippen LogP contribution >= 0.6 is 31.3 Å². The zero-order valence-electron chi connectivity index (χ0n) is 26.4. The van der Waals surface area contributed by atoms with E-state index in [-0.39, 0.29) is 10.8 Å². The van der Waals surface area contributed by atoms with Crippen LogP contribution in [-0.4, -0.2) is 17.9 Å². The van der Waals surface area contributed by atoms with Gasteiger partial charge in [0, 0.05) is 21.9 Å². The predicted octanol–water partition coefficient (Wildman–Crippen LogP) is 13.5.